The van der Waals surface area contributed by atoms with E-state index in [0.29, 0.717) is 5.75 Å². The van der Waals surface area contributed by atoms with Gasteiger partial charge in [0.2, 0.25) is 0 Å². The molecule has 2 rings (SSSR count). The highest BCUT2D eigenvalue weighted by Gasteiger charge is 2.30. The van der Waals surface area contributed by atoms with Crippen molar-refractivity contribution in [1.82, 2.24) is 9.55 Å². The predicted molar refractivity (Wildman–Crippen MR) is 88.4 cm³/mol. The largest absolute Gasteiger partial charge is 0.508 e. The van der Waals surface area contributed by atoms with E-state index < -0.39 is 41.2 Å². The molecule has 0 spiro atoms. The molecule has 1 aliphatic heterocycles. The normalized spacial score (nSPS) is 19.0. The summed E-state index contributed by atoms with van der Waals surface area (Å²) in [6.45, 7) is 3.43. The first-order chi connectivity index (χ1) is 12.4. The van der Waals surface area contributed by atoms with Crippen LogP contribution in [0.4, 0.5) is 19.8 Å². The molecule has 2 heterocycles. The molecular weight excluding hydrogens is 373 g/mol. The van der Waals surface area contributed by atoms with Crippen LogP contribution in [-0.2, 0) is 18.9 Å². The number of amides is 1. The zero-order valence-corrected chi connectivity index (χ0v) is 14.9. The van der Waals surface area contributed by atoms with Gasteiger partial charge in [-0.05, 0) is 13.8 Å². The van der Waals surface area contributed by atoms with Crippen LogP contribution in [0.5, 0.6) is 0 Å². The molecule has 144 valence electrons. The minimum atomic E-state index is -0.919. The second kappa shape index (κ2) is 9.38. The summed E-state index contributed by atoms with van der Waals surface area (Å²) in [5.41, 5.74) is -1.34. The van der Waals surface area contributed by atoms with Gasteiger partial charge < -0.3 is 18.9 Å². The van der Waals surface area contributed by atoms with E-state index in [1.165, 1.54) is 11.8 Å². The van der Waals surface area contributed by atoms with Crippen LogP contribution in [0.1, 0.15) is 20.1 Å². The number of ether oxygens (including phenoxy) is 4. The average Bonchev–Trinajstić information content (AvgIpc) is 3.05. The summed E-state index contributed by atoms with van der Waals surface area (Å²) in [5, 5.41) is 2.05. The van der Waals surface area contributed by atoms with E-state index in [-0.39, 0.29) is 19.8 Å². The lowest BCUT2D eigenvalue weighted by atomic mass is 10.5. The van der Waals surface area contributed by atoms with Gasteiger partial charge >= 0.3 is 17.9 Å². The maximum Gasteiger partial charge on any atom is 0.508 e. The van der Waals surface area contributed by atoms with Crippen molar-refractivity contribution in [3.63, 3.8) is 0 Å². The Hall–Kier alpha value is -2.34. The van der Waals surface area contributed by atoms with Crippen molar-refractivity contribution >= 4 is 29.8 Å². The van der Waals surface area contributed by atoms with Crippen molar-refractivity contribution in [2.24, 2.45) is 0 Å². The maximum atomic E-state index is 14.1. The number of thioether (sulfide) groups is 1. The van der Waals surface area contributed by atoms with Crippen LogP contribution >= 0.6 is 11.8 Å². The summed E-state index contributed by atoms with van der Waals surface area (Å²) < 4.78 is 34.7. The van der Waals surface area contributed by atoms with Gasteiger partial charge in [0.25, 0.3) is 0 Å². The van der Waals surface area contributed by atoms with Gasteiger partial charge in [-0.1, -0.05) is 0 Å². The summed E-state index contributed by atoms with van der Waals surface area (Å²) in [5.74, 6) is -1.13. The van der Waals surface area contributed by atoms with E-state index in [4.69, 9.17) is 9.47 Å². The molecule has 1 N–H and O–H groups in total. The summed E-state index contributed by atoms with van der Waals surface area (Å²) in [4.78, 5) is 38.0. The molecule has 0 aliphatic carbocycles. The Labute approximate surface area is 152 Å². The Bertz CT molecular complexity index is 714. The van der Waals surface area contributed by atoms with Crippen molar-refractivity contribution in [1.29, 1.82) is 0 Å². The number of hydrogen-bond acceptors (Lipinski definition) is 9. The molecule has 0 aromatic carbocycles. The molecule has 26 heavy (non-hydrogen) atoms. The first-order valence-electron chi connectivity index (χ1n) is 7.73. The van der Waals surface area contributed by atoms with Crippen LogP contribution < -0.4 is 11.0 Å². The molecule has 1 aromatic heterocycles. The van der Waals surface area contributed by atoms with Crippen molar-refractivity contribution < 1.29 is 32.9 Å². The number of hydrogen-bond donors (Lipinski definition) is 1. The molecule has 0 saturated carbocycles. The number of carbonyl (C=O) groups is 2. The third kappa shape index (κ3) is 5.33. The van der Waals surface area contributed by atoms with E-state index in [2.05, 4.69) is 14.5 Å². The Kier molecular flexibility index (Phi) is 7.21. The average molecular weight is 391 g/mol. The molecule has 1 aromatic rings. The molecule has 1 aliphatic rings. The standard InChI is InChI=1S/C14H18FN3O7S/c1-3-22-13(20)17-11-8(15)5-18(12(19)16-11)9-7-26-10(25-9)6-24-14(21)23-4-2/h5,9-10H,3-4,6-7H2,1-2H3,(H,16,17,19,20)/t9-,10+/m0/s1. The SMILES string of the molecule is CCOC(=O)Nc1nc(=O)n([C@@H]2CS[C@H](COC(=O)OCC)O2)cc1F. The fraction of sp³-hybridized carbons (Fsp3) is 0.571. The van der Waals surface area contributed by atoms with Crippen molar-refractivity contribution in [3.8, 4) is 0 Å². The number of carbonyl (C=O) groups excluding carboxylic acids is 2. The predicted octanol–water partition coefficient (Wildman–Crippen LogP) is 1.71. The molecule has 0 unspecified atom stereocenters. The molecule has 1 amide bonds. The van der Waals surface area contributed by atoms with Crippen LogP contribution in [0.2, 0.25) is 0 Å². The number of nitrogens with one attached hydrogen (secondary N) is 1. The number of anilines is 1. The van der Waals surface area contributed by atoms with E-state index in [9.17, 15) is 18.8 Å². The van der Waals surface area contributed by atoms with E-state index >= 15 is 0 Å². The zero-order valence-electron chi connectivity index (χ0n) is 14.1. The van der Waals surface area contributed by atoms with Gasteiger partial charge in [-0.3, -0.25) is 9.88 Å². The topological polar surface area (TPSA) is 118 Å². The van der Waals surface area contributed by atoms with Gasteiger partial charge in [0, 0.05) is 5.75 Å². The molecule has 1 saturated heterocycles. The molecule has 10 nitrogen and oxygen atoms in total. The summed E-state index contributed by atoms with van der Waals surface area (Å²) >= 11 is 1.29. The van der Waals surface area contributed by atoms with E-state index in [0.717, 1.165) is 10.8 Å². The number of rotatable bonds is 6. The summed E-state index contributed by atoms with van der Waals surface area (Å²) in [6, 6.07) is 0. The Balaban J connectivity index is 1.99. The number of aromatic nitrogens is 2. The molecule has 1 fully saturated rings. The highest BCUT2D eigenvalue weighted by molar-refractivity contribution is 8.00. The fourth-order valence-electron chi connectivity index (χ4n) is 1.98. The number of nitrogens with zero attached hydrogens (tertiary/aromatic N) is 2. The van der Waals surface area contributed by atoms with Crippen LogP contribution in [0.3, 0.4) is 0 Å². The molecular formula is C14H18FN3O7S. The van der Waals surface area contributed by atoms with Gasteiger partial charge in [-0.2, -0.15) is 4.98 Å². The summed E-state index contributed by atoms with van der Waals surface area (Å²) in [7, 11) is 0. The van der Waals surface area contributed by atoms with E-state index in [1.807, 2.05) is 5.32 Å². The van der Waals surface area contributed by atoms with Crippen molar-refractivity contribution in [2.75, 3.05) is 30.9 Å². The van der Waals surface area contributed by atoms with Gasteiger partial charge in [-0.15, -0.1) is 11.8 Å². The summed E-state index contributed by atoms with van der Waals surface area (Å²) in [6.07, 6.45) is -1.64. The lowest BCUT2D eigenvalue weighted by molar-refractivity contribution is -0.0233. The molecule has 12 heteroatoms. The van der Waals surface area contributed by atoms with Crippen LogP contribution in [-0.4, -0.2) is 52.8 Å². The second-order valence-electron chi connectivity index (χ2n) is 4.82. The Morgan fingerprint density at radius 3 is 2.81 bits per heavy atom. The lowest BCUT2D eigenvalue weighted by Gasteiger charge is -2.15. The zero-order chi connectivity index (χ0) is 19.1. The van der Waals surface area contributed by atoms with Gasteiger partial charge in [0.05, 0.1) is 19.4 Å². The highest BCUT2D eigenvalue weighted by atomic mass is 32.2. The van der Waals surface area contributed by atoms with Crippen LogP contribution in [0.15, 0.2) is 11.0 Å². The number of halogens is 1. The quantitative estimate of drug-likeness (QED) is 0.723. The molecule has 0 bridgehead atoms. The molecule has 2 atom stereocenters. The van der Waals surface area contributed by atoms with Gasteiger partial charge in [-0.25, -0.2) is 18.8 Å². The second-order valence-corrected chi connectivity index (χ2v) is 6.01. The van der Waals surface area contributed by atoms with Crippen LogP contribution in [0, 0.1) is 5.82 Å². The monoisotopic (exact) mass is 391 g/mol. The first kappa shape index (κ1) is 20.0. The third-order valence-corrected chi connectivity index (χ3v) is 4.14. The maximum absolute atomic E-state index is 14.1. The Morgan fingerprint density at radius 2 is 2.12 bits per heavy atom. The van der Waals surface area contributed by atoms with E-state index in [1.54, 1.807) is 13.8 Å². The van der Waals surface area contributed by atoms with Crippen molar-refractivity contribution in [3.05, 3.63) is 22.5 Å². The highest BCUT2D eigenvalue weighted by Crippen LogP contribution is 2.31. The van der Waals surface area contributed by atoms with Crippen LogP contribution in [0.25, 0.3) is 0 Å². The molecule has 0 radical (unpaired) electrons. The minimum absolute atomic E-state index is 0.0762. The fourth-order valence-corrected chi connectivity index (χ4v) is 2.96. The Morgan fingerprint density at radius 1 is 1.38 bits per heavy atom. The van der Waals surface area contributed by atoms with Crippen molar-refractivity contribution in [2.45, 2.75) is 25.5 Å². The minimum Gasteiger partial charge on any atom is -0.450 e. The van der Waals surface area contributed by atoms with Gasteiger partial charge in [0.1, 0.15) is 18.3 Å². The first-order valence-corrected chi connectivity index (χ1v) is 8.78. The lowest BCUT2D eigenvalue weighted by Crippen LogP contribution is -2.31. The smallest absolute Gasteiger partial charge is 0.450 e. The van der Waals surface area contributed by atoms with Gasteiger partial charge in [0.15, 0.2) is 11.6 Å². The third-order valence-electron chi connectivity index (χ3n) is 3.05.